The molecule has 0 radical (unpaired) electrons. The van der Waals surface area contributed by atoms with Gasteiger partial charge >= 0.3 is 0 Å². The molecule has 0 aliphatic heterocycles. The smallest absolute Gasteiger partial charge is 0.126 e. The van der Waals surface area contributed by atoms with E-state index in [2.05, 4.69) is 11.1 Å². The second-order valence-corrected chi connectivity index (χ2v) is 4.26. The van der Waals surface area contributed by atoms with E-state index in [1.165, 1.54) is 0 Å². The van der Waals surface area contributed by atoms with Crippen LogP contribution in [0.3, 0.4) is 0 Å². The molecule has 3 heteroatoms. The van der Waals surface area contributed by atoms with Crippen molar-refractivity contribution in [3.05, 3.63) is 54.2 Å². The van der Waals surface area contributed by atoms with Gasteiger partial charge < -0.3 is 9.72 Å². The minimum absolute atomic E-state index is 0.578. The van der Waals surface area contributed by atoms with Gasteiger partial charge in [-0.15, -0.1) is 0 Å². The summed E-state index contributed by atoms with van der Waals surface area (Å²) in [4.78, 5) is 3.15. The largest absolute Gasteiger partial charge is 0.497 e. The Morgan fingerprint density at radius 1 is 1.11 bits per heavy atom. The Labute approximate surface area is 111 Å². The van der Waals surface area contributed by atoms with E-state index in [0.717, 1.165) is 27.8 Å². The van der Waals surface area contributed by atoms with Gasteiger partial charge in [0.15, 0.2) is 0 Å². The number of aromatic nitrogens is 1. The number of hydrogen-bond acceptors (Lipinski definition) is 2. The second kappa shape index (κ2) is 4.51. The molecule has 0 spiro atoms. The average molecular weight is 248 g/mol. The Balaban J connectivity index is 2.35. The fourth-order valence-electron chi connectivity index (χ4n) is 2.29. The van der Waals surface area contributed by atoms with Gasteiger partial charge in [0.25, 0.3) is 0 Å². The van der Waals surface area contributed by atoms with E-state index in [1.54, 1.807) is 7.11 Å². The van der Waals surface area contributed by atoms with Crippen LogP contribution in [0.15, 0.2) is 48.5 Å². The first-order valence-corrected chi connectivity index (χ1v) is 5.98. The molecule has 1 N–H and O–H groups in total. The van der Waals surface area contributed by atoms with Crippen molar-refractivity contribution < 1.29 is 4.74 Å². The molecule has 92 valence electrons. The number of ether oxygens (including phenoxy) is 1. The molecule has 0 saturated heterocycles. The highest BCUT2D eigenvalue weighted by Gasteiger charge is 2.13. The highest BCUT2D eigenvalue weighted by atomic mass is 16.5. The van der Waals surface area contributed by atoms with Crippen LogP contribution in [0.5, 0.6) is 5.75 Å². The molecule has 0 aliphatic carbocycles. The second-order valence-electron chi connectivity index (χ2n) is 4.26. The van der Waals surface area contributed by atoms with Gasteiger partial charge in [0.2, 0.25) is 0 Å². The molecule has 0 fully saturated rings. The normalized spacial score (nSPS) is 10.3. The highest BCUT2D eigenvalue weighted by molar-refractivity contribution is 5.99. The summed E-state index contributed by atoms with van der Waals surface area (Å²) in [6.45, 7) is 0. The van der Waals surface area contributed by atoms with Gasteiger partial charge in [0, 0.05) is 16.5 Å². The van der Waals surface area contributed by atoms with E-state index >= 15 is 0 Å². The van der Waals surface area contributed by atoms with E-state index in [4.69, 9.17) is 4.74 Å². The van der Waals surface area contributed by atoms with Crippen LogP contribution in [0.1, 0.15) is 5.69 Å². The molecule has 0 bridgehead atoms. The third-order valence-corrected chi connectivity index (χ3v) is 3.18. The fourth-order valence-corrected chi connectivity index (χ4v) is 2.29. The average Bonchev–Trinajstić information content (AvgIpc) is 2.85. The Hall–Kier alpha value is -2.73. The zero-order valence-corrected chi connectivity index (χ0v) is 10.5. The molecular weight excluding hydrogens is 236 g/mol. The molecule has 3 aromatic rings. The van der Waals surface area contributed by atoms with Crippen LogP contribution in [-0.2, 0) is 0 Å². The first kappa shape index (κ1) is 11.4. The maximum Gasteiger partial charge on any atom is 0.126 e. The summed E-state index contributed by atoms with van der Waals surface area (Å²) in [5, 5.41) is 10.3. The lowest BCUT2D eigenvalue weighted by Gasteiger charge is -2.02. The molecule has 0 saturated carbocycles. The van der Waals surface area contributed by atoms with Crippen molar-refractivity contribution in [3.63, 3.8) is 0 Å². The molecule has 0 aliphatic rings. The van der Waals surface area contributed by atoms with E-state index in [1.807, 2.05) is 48.5 Å². The molecule has 0 unspecified atom stereocenters. The number of hydrogen-bond donors (Lipinski definition) is 1. The summed E-state index contributed by atoms with van der Waals surface area (Å²) < 4.78 is 5.26. The first-order valence-electron chi connectivity index (χ1n) is 5.98. The zero-order valence-electron chi connectivity index (χ0n) is 10.5. The fraction of sp³-hybridized carbons (Fsp3) is 0.0625. The number of H-pyrrole nitrogens is 1. The Morgan fingerprint density at radius 2 is 1.89 bits per heavy atom. The number of nitriles is 1. The number of fused-ring (bicyclic) bond motifs is 1. The monoisotopic (exact) mass is 248 g/mol. The summed E-state index contributed by atoms with van der Waals surface area (Å²) in [6, 6.07) is 17.9. The molecule has 0 amide bonds. The summed E-state index contributed by atoms with van der Waals surface area (Å²) in [7, 11) is 1.64. The SMILES string of the molecule is COc1ccc2[nH]c(C#N)c(-c3ccccc3)c2c1. The molecule has 0 atom stereocenters. The van der Waals surface area contributed by atoms with Gasteiger partial charge in [-0.1, -0.05) is 30.3 Å². The van der Waals surface area contributed by atoms with E-state index < -0.39 is 0 Å². The van der Waals surface area contributed by atoms with Crippen LogP contribution in [-0.4, -0.2) is 12.1 Å². The van der Waals surface area contributed by atoms with Crippen molar-refractivity contribution in [2.45, 2.75) is 0 Å². The Bertz CT molecular complexity index is 767. The third kappa shape index (κ3) is 1.84. The molecular formula is C16H12N2O. The van der Waals surface area contributed by atoms with Gasteiger partial charge in [0.1, 0.15) is 17.5 Å². The number of nitrogens with one attached hydrogen (secondary N) is 1. The van der Waals surface area contributed by atoms with E-state index in [-0.39, 0.29) is 0 Å². The molecule has 1 aromatic heterocycles. The minimum Gasteiger partial charge on any atom is -0.497 e. The topological polar surface area (TPSA) is 48.8 Å². The standard InChI is InChI=1S/C16H12N2O/c1-19-12-7-8-14-13(9-12)16(15(10-17)18-14)11-5-3-2-4-6-11/h2-9,18H,1H3. The van der Waals surface area contributed by atoms with Gasteiger partial charge in [-0.05, 0) is 23.8 Å². The summed E-state index contributed by atoms with van der Waals surface area (Å²) >= 11 is 0. The quantitative estimate of drug-likeness (QED) is 0.751. The Morgan fingerprint density at radius 3 is 2.58 bits per heavy atom. The van der Waals surface area contributed by atoms with Gasteiger partial charge in [0.05, 0.1) is 7.11 Å². The van der Waals surface area contributed by atoms with Crippen LogP contribution in [0.4, 0.5) is 0 Å². The lowest BCUT2D eigenvalue weighted by Crippen LogP contribution is -1.82. The van der Waals surface area contributed by atoms with Gasteiger partial charge in [-0.2, -0.15) is 5.26 Å². The summed E-state index contributed by atoms with van der Waals surface area (Å²) in [5.74, 6) is 0.785. The van der Waals surface area contributed by atoms with Crippen LogP contribution in [0, 0.1) is 11.3 Å². The summed E-state index contributed by atoms with van der Waals surface area (Å²) in [6.07, 6.45) is 0. The van der Waals surface area contributed by atoms with E-state index in [0.29, 0.717) is 5.69 Å². The minimum atomic E-state index is 0.578. The van der Waals surface area contributed by atoms with Gasteiger partial charge in [-0.3, -0.25) is 0 Å². The highest BCUT2D eigenvalue weighted by Crippen LogP contribution is 2.34. The van der Waals surface area contributed by atoms with Crippen molar-refractivity contribution in [1.29, 1.82) is 5.26 Å². The molecule has 3 rings (SSSR count). The molecule has 1 heterocycles. The van der Waals surface area contributed by atoms with E-state index in [9.17, 15) is 5.26 Å². The maximum absolute atomic E-state index is 9.29. The number of methoxy groups -OCH3 is 1. The zero-order chi connectivity index (χ0) is 13.2. The molecule has 2 aromatic carbocycles. The Kier molecular flexibility index (Phi) is 2.70. The lowest BCUT2D eigenvalue weighted by atomic mass is 10.0. The van der Waals surface area contributed by atoms with Crippen LogP contribution in [0.25, 0.3) is 22.0 Å². The number of aromatic amines is 1. The molecule has 19 heavy (non-hydrogen) atoms. The lowest BCUT2D eigenvalue weighted by molar-refractivity contribution is 0.415. The number of benzene rings is 2. The maximum atomic E-state index is 9.29. The van der Waals surface area contributed by atoms with Crippen LogP contribution in [0.2, 0.25) is 0 Å². The summed E-state index contributed by atoms with van der Waals surface area (Å²) in [5.41, 5.74) is 3.47. The predicted molar refractivity (Wildman–Crippen MR) is 75.0 cm³/mol. The van der Waals surface area contributed by atoms with Crippen LogP contribution >= 0.6 is 0 Å². The molecule has 3 nitrogen and oxygen atoms in total. The van der Waals surface area contributed by atoms with Crippen molar-refractivity contribution in [2.75, 3.05) is 7.11 Å². The van der Waals surface area contributed by atoms with Gasteiger partial charge in [-0.25, -0.2) is 0 Å². The van der Waals surface area contributed by atoms with Crippen molar-refractivity contribution in [3.8, 4) is 22.9 Å². The first-order chi connectivity index (χ1) is 9.33. The van der Waals surface area contributed by atoms with Crippen LogP contribution < -0.4 is 4.74 Å². The predicted octanol–water partition coefficient (Wildman–Crippen LogP) is 3.72. The van der Waals surface area contributed by atoms with Crippen molar-refractivity contribution in [1.82, 2.24) is 4.98 Å². The number of nitrogens with zero attached hydrogens (tertiary/aromatic N) is 1. The van der Waals surface area contributed by atoms with Crippen molar-refractivity contribution in [2.24, 2.45) is 0 Å². The third-order valence-electron chi connectivity index (χ3n) is 3.18. The number of rotatable bonds is 2. The van der Waals surface area contributed by atoms with Crippen molar-refractivity contribution >= 4 is 10.9 Å².